The van der Waals surface area contributed by atoms with Gasteiger partial charge in [0.25, 0.3) is 0 Å². The maximum atomic E-state index is 12.4. The Balaban J connectivity index is 1.69. The molecule has 0 saturated carbocycles. The van der Waals surface area contributed by atoms with E-state index in [0.717, 1.165) is 34.9 Å². The van der Waals surface area contributed by atoms with Gasteiger partial charge in [-0.3, -0.25) is 14.3 Å². The molecule has 2 heterocycles. The van der Waals surface area contributed by atoms with Crippen molar-refractivity contribution in [3.63, 3.8) is 0 Å². The first-order chi connectivity index (χ1) is 14.7. The molecule has 1 atom stereocenters. The van der Waals surface area contributed by atoms with Crippen molar-refractivity contribution in [1.82, 2.24) is 25.1 Å². The van der Waals surface area contributed by atoms with Crippen molar-refractivity contribution in [3.05, 3.63) is 60.4 Å². The number of thioether (sulfide) groups is 1. The molecule has 0 radical (unpaired) electrons. The number of amides is 1. The minimum Gasteiger partial charge on any atom is -0.353 e. The number of carbonyl (C=O) groups is 1. The van der Waals surface area contributed by atoms with E-state index in [2.05, 4.69) is 51.0 Å². The first-order valence-corrected chi connectivity index (χ1v) is 11.5. The second-order valence-electron chi connectivity index (χ2n) is 7.37. The zero-order valence-electron chi connectivity index (χ0n) is 17.6. The number of hydrogen-bond acceptors (Lipinski definition) is 5. The van der Waals surface area contributed by atoms with Crippen LogP contribution < -0.4 is 5.32 Å². The van der Waals surface area contributed by atoms with Gasteiger partial charge in [0.05, 0.1) is 12.3 Å². The van der Waals surface area contributed by atoms with E-state index in [1.807, 2.05) is 30.3 Å². The fraction of sp³-hybridized carbons (Fsp3) is 0.391. The van der Waals surface area contributed by atoms with Gasteiger partial charge >= 0.3 is 0 Å². The van der Waals surface area contributed by atoms with E-state index >= 15 is 0 Å². The number of hydrogen-bond donors (Lipinski definition) is 1. The highest BCUT2D eigenvalue weighted by Gasteiger charge is 2.16. The molecule has 0 aliphatic rings. The molecule has 0 spiro atoms. The fourth-order valence-electron chi connectivity index (χ4n) is 3.24. The maximum Gasteiger partial charge on any atom is 0.230 e. The van der Waals surface area contributed by atoms with E-state index in [1.54, 1.807) is 12.4 Å². The molecule has 0 aliphatic heterocycles. The molecule has 7 heteroatoms. The SMILES string of the molecule is CCCCC[C@H](C)NC(=O)CSc1nnc(-c2ccncc2)n1Cc1ccccc1. The summed E-state index contributed by atoms with van der Waals surface area (Å²) in [5.74, 6) is 1.13. The van der Waals surface area contributed by atoms with Crippen LogP contribution >= 0.6 is 11.8 Å². The fourth-order valence-corrected chi connectivity index (χ4v) is 3.99. The van der Waals surface area contributed by atoms with Crippen LogP contribution in [0.25, 0.3) is 11.4 Å². The van der Waals surface area contributed by atoms with Crippen LogP contribution in [0.1, 0.15) is 45.1 Å². The molecule has 3 aromatic rings. The molecular formula is C23H29N5OS. The lowest BCUT2D eigenvalue weighted by atomic mass is 10.1. The van der Waals surface area contributed by atoms with Gasteiger partial charge in [-0.2, -0.15) is 0 Å². The summed E-state index contributed by atoms with van der Waals surface area (Å²) in [5, 5.41) is 12.6. The molecule has 2 aromatic heterocycles. The summed E-state index contributed by atoms with van der Waals surface area (Å²) < 4.78 is 2.06. The monoisotopic (exact) mass is 423 g/mol. The van der Waals surface area contributed by atoms with Gasteiger partial charge in [-0.15, -0.1) is 10.2 Å². The standard InChI is InChI=1S/C23H29N5OS/c1-3-4-6-9-18(2)25-21(29)17-30-23-27-26-22(20-12-14-24-15-13-20)28(23)16-19-10-7-5-8-11-19/h5,7-8,10-15,18H,3-4,6,9,16-17H2,1-2H3,(H,25,29)/t18-/m0/s1. The van der Waals surface area contributed by atoms with Gasteiger partial charge in [0.1, 0.15) is 0 Å². The highest BCUT2D eigenvalue weighted by molar-refractivity contribution is 7.99. The predicted octanol–water partition coefficient (Wildman–Crippen LogP) is 4.57. The first-order valence-electron chi connectivity index (χ1n) is 10.5. The van der Waals surface area contributed by atoms with Crippen LogP contribution in [0.3, 0.4) is 0 Å². The lowest BCUT2D eigenvalue weighted by Gasteiger charge is -2.14. The molecule has 0 bridgehead atoms. The van der Waals surface area contributed by atoms with Crippen LogP contribution in [0.5, 0.6) is 0 Å². The van der Waals surface area contributed by atoms with Crippen LogP contribution in [-0.2, 0) is 11.3 Å². The summed E-state index contributed by atoms with van der Waals surface area (Å²) in [6.45, 7) is 4.90. The Bertz CT molecular complexity index is 914. The Morgan fingerprint density at radius 1 is 1.10 bits per heavy atom. The van der Waals surface area contributed by atoms with Gasteiger partial charge in [0, 0.05) is 24.0 Å². The van der Waals surface area contributed by atoms with E-state index in [-0.39, 0.29) is 11.9 Å². The third-order valence-electron chi connectivity index (χ3n) is 4.82. The second kappa shape index (κ2) is 11.5. The molecule has 0 unspecified atom stereocenters. The van der Waals surface area contributed by atoms with Crippen LogP contribution in [-0.4, -0.2) is 37.5 Å². The van der Waals surface area contributed by atoms with E-state index in [9.17, 15) is 4.79 Å². The van der Waals surface area contributed by atoms with Crippen molar-refractivity contribution in [2.24, 2.45) is 0 Å². The highest BCUT2D eigenvalue weighted by atomic mass is 32.2. The molecule has 6 nitrogen and oxygen atoms in total. The lowest BCUT2D eigenvalue weighted by Crippen LogP contribution is -2.33. The second-order valence-corrected chi connectivity index (χ2v) is 8.31. The quantitative estimate of drug-likeness (QED) is 0.361. The minimum atomic E-state index is 0.0312. The minimum absolute atomic E-state index is 0.0312. The number of nitrogens with one attached hydrogen (secondary N) is 1. The van der Waals surface area contributed by atoms with Gasteiger partial charge in [-0.05, 0) is 31.0 Å². The highest BCUT2D eigenvalue weighted by Crippen LogP contribution is 2.24. The van der Waals surface area contributed by atoms with Crippen LogP contribution in [0, 0.1) is 0 Å². The summed E-state index contributed by atoms with van der Waals surface area (Å²) in [5.41, 5.74) is 2.11. The van der Waals surface area contributed by atoms with Crippen LogP contribution in [0.2, 0.25) is 0 Å². The molecule has 1 aromatic carbocycles. The molecule has 30 heavy (non-hydrogen) atoms. The Labute approximate surface area is 182 Å². The van der Waals surface area contributed by atoms with E-state index in [0.29, 0.717) is 12.3 Å². The maximum absolute atomic E-state index is 12.4. The van der Waals surface area contributed by atoms with Crippen molar-refractivity contribution in [3.8, 4) is 11.4 Å². The van der Waals surface area contributed by atoms with Gasteiger partial charge in [-0.25, -0.2) is 0 Å². The van der Waals surface area contributed by atoms with Gasteiger partial charge in [0.2, 0.25) is 5.91 Å². The Morgan fingerprint density at radius 3 is 2.60 bits per heavy atom. The van der Waals surface area contributed by atoms with E-state index in [1.165, 1.54) is 24.6 Å². The van der Waals surface area contributed by atoms with Crippen molar-refractivity contribution in [2.45, 2.75) is 57.3 Å². The number of unbranched alkanes of at least 4 members (excludes halogenated alkanes) is 2. The molecule has 3 rings (SSSR count). The Kier molecular flexibility index (Phi) is 8.44. The molecule has 1 amide bonds. The third kappa shape index (κ3) is 6.42. The number of nitrogens with zero attached hydrogens (tertiary/aromatic N) is 4. The smallest absolute Gasteiger partial charge is 0.230 e. The molecule has 158 valence electrons. The Morgan fingerprint density at radius 2 is 1.87 bits per heavy atom. The third-order valence-corrected chi connectivity index (χ3v) is 5.79. The van der Waals surface area contributed by atoms with Crippen LogP contribution in [0.15, 0.2) is 60.0 Å². The van der Waals surface area contributed by atoms with Crippen LogP contribution in [0.4, 0.5) is 0 Å². The van der Waals surface area contributed by atoms with Gasteiger partial charge < -0.3 is 5.32 Å². The van der Waals surface area contributed by atoms with Crippen molar-refractivity contribution >= 4 is 17.7 Å². The molecule has 1 N–H and O–H groups in total. The molecular weight excluding hydrogens is 394 g/mol. The molecule has 0 saturated heterocycles. The summed E-state index contributed by atoms with van der Waals surface area (Å²) in [6.07, 6.45) is 8.04. The van der Waals surface area contributed by atoms with Crippen molar-refractivity contribution in [2.75, 3.05) is 5.75 Å². The lowest BCUT2D eigenvalue weighted by molar-refractivity contribution is -0.119. The number of benzene rings is 1. The zero-order valence-corrected chi connectivity index (χ0v) is 18.4. The van der Waals surface area contributed by atoms with Crippen molar-refractivity contribution < 1.29 is 4.79 Å². The summed E-state index contributed by atoms with van der Waals surface area (Å²) in [6, 6.07) is 14.2. The largest absolute Gasteiger partial charge is 0.353 e. The Hall–Kier alpha value is -2.67. The zero-order chi connectivity index (χ0) is 21.2. The van der Waals surface area contributed by atoms with Gasteiger partial charge in [0.15, 0.2) is 11.0 Å². The van der Waals surface area contributed by atoms with Gasteiger partial charge in [-0.1, -0.05) is 68.3 Å². The van der Waals surface area contributed by atoms with Crippen molar-refractivity contribution in [1.29, 1.82) is 0 Å². The molecule has 0 fully saturated rings. The average Bonchev–Trinajstić information content (AvgIpc) is 3.16. The summed E-state index contributed by atoms with van der Waals surface area (Å²) in [7, 11) is 0. The summed E-state index contributed by atoms with van der Waals surface area (Å²) >= 11 is 1.42. The number of carbonyl (C=O) groups excluding carboxylic acids is 1. The number of pyridine rings is 1. The average molecular weight is 424 g/mol. The van der Waals surface area contributed by atoms with E-state index in [4.69, 9.17) is 0 Å². The topological polar surface area (TPSA) is 72.7 Å². The number of aromatic nitrogens is 4. The predicted molar refractivity (Wildman–Crippen MR) is 121 cm³/mol. The van der Waals surface area contributed by atoms with E-state index < -0.39 is 0 Å². The first kappa shape index (κ1) is 22.0. The number of rotatable bonds is 11. The summed E-state index contributed by atoms with van der Waals surface area (Å²) in [4.78, 5) is 16.5. The normalized spacial score (nSPS) is 11.9. The molecule has 0 aliphatic carbocycles.